The number of aliphatic hydroxyl groups is 1. The molecular weight excluding hydrogens is 344 g/mol. The second-order valence-corrected chi connectivity index (χ2v) is 5.54. The molecule has 0 saturated heterocycles. The van der Waals surface area contributed by atoms with Crippen LogP contribution in [0.15, 0.2) is 54.3 Å². The number of cyclic esters (lactones) is 1. The Hall–Kier alpha value is -3.75. The lowest BCUT2D eigenvalue weighted by Gasteiger charge is -2.24. The van der Waals surface area contributed by atoms with Crippen molar-refractivity contribution in [1.29, 1.82) is 0 Å². The van der Waals surface area contributed by atoms with Gasteiger partial charge in [0, 0.05) is 12.5 Å². The molecule has 1 aliphatic heterocycles. The number of non-ortho nitro benzene ring substituents is 1. The van der Waals surface area contributed by atoms with Crippen molar-refractivity contribution in [2.24, 2.45) is 0 Å². The molecule has 0 saturated carbocycles. The SMILES string of the molecule is O=C1OC(c2ccc([N+](=O)[O-])cc2[N+](=O)[O-])CC(O)=C1c1ccccc1. The third-order valence-corrected chi connectivity index (χ3v) is 3.95. The smallest absolute Gasteiger partial charge is 0.342 e. The molecular formula is C17H12N2O7. The molecule has 132 valence electrons. The molecule has 0 amide bonds. The summed E-state index contributed by atoms with van der Waals surface area (Å²) in [5.41, 5.74) is -0.564. The van der Waals surface area contributed by atoms with Crippen LogP contribution in [0.1, 0.15) is 23.7 Å². The fourth-order valence-electron chi connectivity index (χ4n) is 2.76. The first kappa shape index (κ1) is 17.1. The molecule has 1 atom stereocenters. The molecule has 0 aliphatic carbocycles. The highest BCUT2D eigenvalue weighted by Gasteiger charge is 2.35. The van der Waals surface area contributed by atoms with Gasteiger partial charge in [-0.1, -0.05) is 30.3 Å². The maximum Gasteiger partial charge on any atom is 0.342 e. The maximum atomic E-state index is 12.3. The van der Waals surface area contributed by atoms with Crippen LogP contribution in [-0.2, 0) is 9.53 Å². The maximum absolute atomic E-state index is 12.3. The highest BCUT2D eigenvalue weighted by Crippen LogP contribution is 2.39. The van der Waals surface area contributed by atoms with Gasteiger partial charge in [-0.3, -0.25) is 20.2 Å². The summed E-state index contributed by atoms with van der Waals surface area (Å²) in [7, 11) is 0. The third kappa shape index (κ3) is 3.09. The number of benzene rings is 2. The Morgan fingerprint density at radius 1 is 1.04 bits per heavy atom. The number of esters is 1. The first-order chi connectivity index (χ1) is 12.4. The summed E-state index contributed by atoms with van der Waals surface area (Å²) in [5, 5.41) is 32.4. The van der Waals surface area contributed by atoms with Crippen LogP contribution < -0.4 is 0 Å². The average molecular weight is 356 g/mol. The second kappa shape index (κ2) is 6.63. The van der Waals surface area contributed by atoms with E-state index in [1.54, 1.807) is 30.3 Å². The van der Waals surface area contributed by atoms with Gasteiger partial charge < -0.3 is 9.84 Å². The largest absolute Gasteiger partial charge is 0.511 e. The van der Waals surface area contributed by atoms with Crippen molar-refractivity contribution in [3.8, 4) is 0 Å². The zero-order valence-electron chi connectivity index (χ0n) is 13.2. The lowest BCUT2D eigenvalue weighted by molar-refractivity contribution is -0.394. The number of nitro groups is 2. The van der Waals surface area contributed by atoms with Gasteiger partial charge in [-0.25, -0.2) is 4.79 Å². The standard InChI is InChI=1S/C17H12N2O7/c20-14-9-15(26-17(21)16(14)10-4-2-1-3-5-10)12-7-6-11(18(22)23)8-13(12)19(24)25/h1-8,15,20H,9H2. The van der Waals surface area contributed by atoms with Gasteiger partial charge in [0.15, 0.2) is 0 Å². The van der Waals surface area contributed by atoms with Gasteiger partial charge in [-0.15, -0.1) is 0 Å². The predicted octanol–water partition coefficient (Wildman–Crippen LogP) is 3.46. The molecule has 9 heteroatoms. The number of aliphatic hydroxyl groups excluding tert-OH is 1. The van der Waals surface area contributed by atoms with E-state index in [2.05, 4.69) is 0 Å². The van der Waals surface area contributed by atoms with E-state index in [0.29, 0.717) is 5.56 Å². The van der Waals surface area contributed by atoms with E-state index in [-0.39, 0.29) is 23.3 Å². The molecule has 3 rings (SSSR count). The monoisotopic (exact) mass is 356 g/mol. The minimum absolute atomic E-state index is 0.00795. The predicted molar refractivity (Wildman–Crippen MR) is 89.2 cm³/mol. The topological polar surface area (TPSA) is 133 Å². The van der Waals surface area contributed by atoms with Crippen LogP contribution >= 0.6 is 0 Å². The van der Waals surface area contributed by atoms with Crippen molar-refractivity contribution in [1.82, 2.24) is 0 Å². The van der Waals surface area contributed by atoms with Crippen LogP contribution in [0.4, 0.5) is 11.4 Å². The normalized spacial score (nSPS) is 16.9. The second-order valence-electron chi connectivity index (χ2n) is 5.54. The lowest BCUT2D eigenvalue weighted by Crippen LogP contribution is -2.21. The molecule has 0 fully saturated rings. The zero-order chi connectivity index (χ0) is 18.8. The van der Waals surface area contributed by atoms with Crippen LogP contribution in [0.25, 0.3) is 5.57 Å². The lowest BCUT2D eigenvalue weighted by atomic mass is 9.95. The summed E-state index contributed by atoms with van der Waals surface area (Å²) in [6.45, 7) is 0. The summed E-state index contributed by atoms with van der Waals surface area (Å²) in [6.07, 6.45) is -1.29. The Morgan fingerprint density at radius 3 is 2.31 bits per heavy atom. The molecule has 0 spiro atoms. The van der Waals surface area contributed by atoms with Crippen LogP contribution in [-0.4, -0.2) is 20.9 Å². The summed E-state index contributed by atoms with van der Waals surface area (Å²) in [5.74, 6) is -1.08. The molecule has 0 aromatic heterocycles. The number of nitro benzene ring substituents is 2. The van der Waals surface area contributed by atoms with Crippen molar-refractivity contribution in [3.63, 3.8) is 0 Å². The van der Waals surface area contributed by atoms with E-state index in [4.69, 9.17) is 4.74 Å². The first-order valence-electron chi connectivity index (χ1n) is 7.49. The highest BCUT2D eigenvalue weighted by molar-refractivity contribution is 6.17. The summed E-state index contributed by atoms with van der Waals surface area (Å²) in [6, 6.07) is 11.4. The van der Waals surface area contributed by atoms with Crippen LogP contribution in [0.3, 0.4) is 0 Å². The van der Waals surface area contributed by atoms with Gasteiger partial charge in [-0.05, 0) is 11.6 Å². The summed E-state index contributed by atoms with van der Waals surface area (Å²) < 4.78 is 5.27. The van der Waals surface area contributed by atoms with Gasteiger partial charge in [0.1, 0.15) is 17.4 Å². The average Bonchev–Trinajstić information content (AvgIpc) is 2.61. The molecule has 2 aromatic carbocycles. The van der Waals surface area contributed by atoms with Crippen LogP contribution in [0.2, 0.25) is 0 Å². The Kier molecular flexibility index (Phi) is 4.36. The molecule has 26 heavy (non-hydrogen) atoms. The van der Waals surface area contributed by atoms with Gasteiger partial charge in [0.05, 0.1) is 21.5 Å². The number of hydrogen-bond donors (Lipinski definition) is 1. The molecule has 1 unspecified atom stereocenters. The van der Waals surface area contributed by atoms with E-state index in [1.807, 2.05) is 0 Å². The Labute approximate surface area is 146 Å². The van der Waals surface area contributed by atoms with Gasteiger partial charge in [0.25, 0.3) is 11.4 Å². The fraction of sp³-hybridized carbons (Fsp3) is 0.118. The summed E-state index contributed by atoms with van der Waals surface area (Å²) in [4.78, 5) is 32.9. The van der Waals surface area contributed by atoms with E-state index < -0.39 is 33.3 Å². The van der Waals surface area contributed by atoms with E-state index in [1.165, 1.54) is 0 Å². The molecule has 2 aromatic rings. The summed E-state index contributed by atoms with van der Waals surface area (Å²) >= 11 is 0. The molecule has 1 N–H and O–H groups in total. The third-order valence-electron chi connectivity index (χ3n) is 3.95. The van der Waals surface area contributed by atoms with E-state index >= 15 is 0 Å². The Balaban J connectivity index is 2.01. The molecule has 1 aliphatic rings. The Morgan fingerprint density at radius 2 is 1.73 bits per heavy atom. The van der Waals surface area contributed by atoms with Crippen molar-refractivity contribution in [2.75, 3.05) is 0 Å². The number of carbonyl (C=O) groups excluding carboxylic acids is 1. The van der Waals surface area contributed by atoms with E-state index in [9.17, 15) is 30.1 Å². The molecule has 9 nitrogen and oxygen atoms in total. The first-order valence-corrected chi connectivity index (χ1v) is 7.49. The van der Waals surface area contributed by atoms with Gasteiger partial charge in [0.2, 0.25) is 0 Å². The van der Waals surface area contributed by atoms with Crippen LogP contribution in [0, 0.1) is 20.2 Å². The zero-order valence-corrected chi connectivity index (χ0v) is 13.2. The molecule has 0 radical (unpaired) electrons. The minimum Gasteiger partial charge on any atom is -0.511 e. The quantitative estimate of drug-likeness (QED) is 0.504. The Bertz CT molecular complexity index is 937. The molecule has 0 bridgehead atoms. The highest BCUT2D eigenvalue weighted by atomic mass is 16.6. The van der Waals surface area contributed by atoms with E-state index in [0.717, 1.165) is 18.2 Å². The molecule has 1 heterocycles. The van der Waals surface area contributed by atoms with Crippen molar-refractivity contribution in [3.05, 3.63) is 85.6 Å². The number of nitrogens with zero attached hydrogens (tertiary/aromatic N) is 2. The number of ether oxygens (including phenoxy) is 1. The van der Waals surface area contributed by atoms with Crippen molar-refractivity contribution < 1.29 is 24.5 Å². The number of carbonyl (C=O) groups is 1. The van der Waals surface area contributed by atoms with Crippen molar-refractivity contribution in [2.45, 2.75) is 12.5 Å². The number of rotatable bonds is 4. The number of hydrogen-bond acceptors (Lipinski definition) is 7. The van der Waals surface area contributed by atoms with Crippen LogP contribution in [0.5, 0.6) is 0 Å². The van der Waals surface area contributed by atoms with Crippen molar-refractivity contribution >= 4 is 22.9 Å². The fourth-order valence-corrected chi connectivity index (χ4v) is 2.76. The minimum atomic E-state index is -1.11. The van der Waals surface area contributed by atoms with Gasteiger partial charge >= 0.3 is 5.97 Å². The van der Waals surface area contributed by atoms with Gasteiger partial charge in [-0.2, -0.15) is 0 Å².